The van der Waals surface area contributed by atoms with Gasteiger partial charge in [-0.3, -0.25) is 4.79 Å². The number of hydrogen-bond acceptors (Lipinski definition) is 8. The maximum atomic E-state index is 12.3. The topological polar surface area (TPSA) is 118 Å². The summed E-state index contributed by atoms with van der Waals surface area (Å²) in [6.45, 7) is 0. The number of phenolic OH excluding ortho intramolecular Hbond substituents is 1. The zero-order chi connectivity index (χ0) is 21.5. The van der Waals surface area contributed by atoms with Crippen LogP contribution in [-0.4, -0.2) is 37.0 Å². The van der Waals surface area contributed by atoms with E-state index in [1.807, 2.05) is 30.3 Å². The third-order valence-electron chi connectivity index (χ3n) is 4.06. The fourth-order valence-electron chi connectivity index (χ4n) is 2.57. The molecule has 0 aliphatic rings. The molecular weight excluding hydrogens is 414 g/mol. The van der Waals surface area contributed by atoms with Gasteiger partial charge in [-0.25, -0.2) is 0 Å². The molecule has 31 heavy (non-hydrogen) atoms. The summed E-state index contributed by atoms with van der Waals surface area (Å²) in [7, 11) is 0. The summed E-state index contributed by atoms with van der Waals surface area (Å²) >= 11 is 1.21. The van der Waals surface area contributed by atoms with Crippen LogP contribution in [0.25, 0.3) is 5.69 Å². The van der Waals surface area contributed by atoms with E-state index in [1.165, 1.54) is 16.4 Å². The highest BCUT2D eigenvalue weighted by atomic mass is 32.2. The SMILES string of the molecule is O=C(CSc1nnnn1-c1ccc(O)cc1)Nc1ccc(N=Nc2ccccc2)cc1. The molecule has 0 atom stereocenters. The van der Waals surface area contributed by atoms with Gasteiger partial charge in [0, 0.05) is 5.69 Å². The molecule has 0 aliphatic heterocycles. The van der Waals surface area contributed by atoms with E-state index in [4.69, 9.17) is 0 Å². The number of carbonyl (C=O) groups is 1. The van der Waals surface area contributed by atoms with Crippen LogP contribution in [0.5, 0.6) is 5.75 Å². The maximum absolute atomic E-state index is 12.3. The average molecular weight is 431 g/mol. The van der Waals surface area contributed by atoms with Crippen LogP contribution in [0.4, 0.5) is 17.1 Å². The summed E-state index contributed by atoms with van der Waals surface area (Å²) in [5.41, 5.74) is 2.80. The second-order valence-corrected chi connectivity index (χ2v) is 7.25. The van der Waals surface area contributed by atoms with E-state index in [0.717, 1.165) is 5.69 Å². The quantitative estimate of drug-likeness (QED) is 0.328. The van der Waals surface area contributed by atoms with Gasteiger partial charge < -0.3 is 10.4 Å². The fourth-order valence-corrected chi connectivity index (χ4v) is 3.26. The number of nitrogens with one attached hydrogen (secondary N) is 1. The van der Waals surface area contributed by atoms with Crippen molar-refractivity contribution in [3.8, 4) is 11.4 Å². The Bertz CT molecular complexity index is 1180. The predicted octanol–water partition coefficient (Wildman–Crippen LogP) is 4.51. The molecule has 154 valence electrons. The van der Waals surface area contributed by atoms with Gasteiger partial charge in [0.25, 0.3) is 0 Å². The molecule has 3 aromatic carbocycles. The molecule has 1 heterocycles. The van der Waals surface area contributed by atoms with Gasteiger partial charge in [0.05, 0.1) is 22.8 Å². The highest BCUT2D eigenvalue weighted by Gasteiger charge is 2.12. The zero-order valence-electron chi connectivity index (χ0n) is 16.2. The number of amides is 1. The van der Waals surface area contributed by atoms with Gasteiger partial charge in [0.2, 0.25) is 11.1 Å². The molecule has 9 nitrogen and oxygen atoms in total. The summed E-state index contributed by atoms with van der Waals surface area (Å²) in [5.74, 6) is 0.0929. The summed E-state index contributed by atoms with van der Waals surface area (Å²) in [4.78, 5) is 12.3. The van der Waals surface area contributed by atoms with E-state index in [0.29, 0.717) is 22.2 Å². The minimum Gasteiger partial charge on any atom is -0.508 e. The van der Waals surface area contributed by atoms with Crippen molar-refractivity contribution in [3.05, 3.63) is 78.9 Å². The fraction of sp³-hybridized carbons (Fsp3) is 0.0476. The molecule has 10 heteroatoms. The third-order valence-corrected chi connectivity index (χ3v) is 4.98. The minimum atomic E-state index is -0.191. The Balaban J connectivity index is 1.32. The molecule has 2 N–H and O–H groups in total. The largest absolute Gasteiger partial charge is 0.508 e. The number of azo groups is 1. The second-order valence-electron chi connectivity index (χ2n) is 6.31. The molecule has 0 aliphatic carbocycles. The van der Waals surface area contributed by atoms with Gasteiger partial charge in [-0.15, -0.1) is 5.10 Å². The first-order chi connectivity index (χ1) is 15.2. The van der Waals surface area contributed by atoms with E-state index in [-0.39, 0.29) is 17.4 Å². The Morgan fingerprint density at radius 3 is 2.32 bits per heavy atom. The Hall–Kier alpha value is -4.05. The van der Waals surface area contributed by atoms with Crippen LogP contribution in [0.3, 0.4) is 0 Å². The molecule has 1 amide bonds. The molecule has 1 aromatic heterocycles. The summed E-state index contributed by atoms with van der Waals surface area (Å²) in [6.07, 6.45) is 0. The van der Waals surface area contributed by atoms with E-state index in [1.54, 1.807) is 48.5 Å². The number of aromatic nitrogens is 4. The van der Waals surface area contributed by atoms with Gasteiger partial charge in [0.1, 0.15) is 5.75 Å². The molecule has 0 unspecified atom stereocenters. The monoisotopic (exact) mass is 431 g/mol. The maximum Gasteiger partial charge on any atom is 0.234 e. The molecule has 0 saturated carbocycles. The third kappa shape index (κ3) is 5.52. The highest BCUT2D eigenvalue weighted by Crippen LogP contribution is 2.22. The number of rotatable bonds is 7. The Labute approximate surface area is 181 Å². The van der Waals surface area contributed by atoms with E-state index >= 15 is 0 Å². The van der Waals surface area contributed by atoms with Crippen LogP contribution >= 0.6 is 11.8 Å². The molecule has 4 aromatic rings. The van der Waals surface area contributed by atoms with Crippen LogP contribution in [0, 0.1) is 0 Å². The van der Waals surface area contributed by atoms with Gasteiger partial charge in [-0.1, -0.05) is 30.0 Å². The van der Waals surface area contributed by atoms with E-state index in [9.17, 15) is 9.90 Å². The van der Waals surface area contributed by atoms with Crippen molar-refractivity contribution in [1.82, 2.24) is 20.2 Å². The van der Waals surface area contributed by atoms with Gasteiger partial charge >= 0.3 is 0 Å². The van der Waals surface area contributed by atoms with Gasteiger partial charge in [-0.2, -0.15) is 14.9 Å². The number of nitrogens with zero attached hydrogens (tertiary/aromatic N) is 6. The Morgan fingerprint density at radius 1 is 0.935 bits per heavy atom. The van der Waals surface area contributed by atoms with Crippen molar-refractivity contribution in [3.63, 3.8) is 0 Å². The summed E-state index contributed by atoms with van der Waals surface area (Å²) in [6, 6.07) is 23.0. The van der Waals surface area contributed by atoms with Crippen LogP contribution in [-0.2, 0) is 4.79 Å². The number of hydrogen-bond donors (Lipinski definition) is 2. The van der Waals surface area contributed by atoms with Crippen LogP contribution in [0.1, 0.15) is 0 Å². The van der Waals surface area contributed by atoms with Crippen molar-refractivity contribution in [1.29, 1.82) is 0 Å². The van der Waals surface area contributed by atoms with E-state index in [2.05, 4.69) is 31.1 Å². The smallest absolute Gasteiger partial charge is 0.234 e. The second kappa shape index (κ2) is 9.63. The standard InChI is InChI=1S/C21H17N7O2S/c29-19-12-10-18(11-13-19)28-21(25-26-27-28)31-14-20(30)22-15-6-8-17(9-7-15)24-23-16-4-2-1-3-5-16/h1-13,29H,14H2,(H,22,30). The number of phenols is 1. The van der Waals surface area contributed by atoms with Crippen LogP contribution in [0.15, 0.2) is 94.2 Å². The number of benzene rings is 3. The Kier molecular flexibility index (Phi) is 6.29. The normalized spacial score (nSPS) is 11.0. The van der Waals surface area contributed by atoms with E-state index < -0.39 is 0 Å². The molecule has 0 saturated heterocycles. The van der Waals surface area contributed by atoms with Crippen molar-refractivity contribution in [2.75, 3.05) is 11.1 Å². The number of carbonyl (C=O) groups excluding carboxylic acids is 1. The number of tetrazole rings is 1. The van der Waals surface area contributed by atoms with Crippen molar-refractivity contribution >= 4 is 34.7 Å². The average Bonchev–Trinajstić information content (AvgIpc) is 3.27. The zero-order valence-corrected chi connectivity index (χ0v) is 17.0. The molecule has 0 spiro atoms. The first kappa shape index (κ1) is 20.2. The molecule has 0 bridgehead atoms. The van der Waals surface area contributed by atoms with Crippen molar-refractivity contribution in [2.45, 2.75) is 5.16 Å². The molecular formula is C21H17N7O2S. The number of anilines is 1. The number of aromatic hydroxyl groups is 1. The van der Waals surface area contributed by atoms with Crippen molar-refractivity contribution in [2.24, 2.45) is 10.2 Å². The minimum absolute atomic E-state index is 0.133. The molecule has 0 fully saturated rings. The lowest BCUT2D eigenvalue weighted by atomic mass is 10.3. The van der Waals surface area contributed by atoms with Crippen LogP contribution < -0.4 is 5.32 Å². The molecule has 4 rings (SSSR count). The van der Waals surface area contributed by atoms with Crippen molar-refractivity contribution < 1.29 is 9.90 Å². The first-order valence-electron chi connectivity index (χ1n) is 9.25. The lowest BCUT2D eigenvalue weighted by Crippen LogP contribution is -2.14. The molecule has 0 radical (unpaired) electrons. The lowest BCUT2D eigenvalue weighted by molar-refractivity contribution is -0.113. The summed E-state index contributed by atoms with van der Waals surface area (Å²) < 4.78 is 1.50. The van der Waals surface area contributed by atoms with Crippen LogP contribution in [0.2, 0.25) is 0 Å². The summed E-state index contributed by atoms with van der Waals surface area (Å²) in [5, 5.41) is 32.6. The first-order valence-corrected chi connectivity index (χ1v) is 10.2. The highest BCUT2D eigenvalue weighted by molar-refractivity contribution is 7.99. The van der Waals surface area contributed by atoms with Gasteiger partial charge in [-0.05, 0) is 71.1 Å². The lowest BCUT2D eigenvalue weighted by Gasteiger charge is -2.06. The number of thioether (sulfide) groups is 1. The Morgan fingerprint density at radius 2 is 1.61 bits per heavy atom. The predicted molar refractivity (Wildman–Crippen MR) is 117 cm³/mol. The van der Waals surface area contributed by atoms with Gasteiger partial charge in [0.15, 0.2) is 0 Å².